The molecule has 0 radical (unpaired) electrons. The average Bonchev–Trinajstić information content (AvgIpc) is 3.01. The Kier molecular flexibility index (Phi) is 5.45. The van der Waals surface area contributed by atoms with Gasteiger partial charge in [-0.05, 0) is 28.3 Å². The Hall–Kier alpha value is -5.15. The summed E-state index contributed by atoms with van der Waals surface area (Å²) in [6, 6.07) is 46.0. The smallest absolute Gasteiger partial charge is 0.160 e. The van der Waals surface area contributed by atoms with Gasteiger partial charge >= 0.3 is 0 Å². The Morgan fingerprint density at radius 1 is 0.395 bits per heavy atom. The van der Waals surface area contributed by atoms with E-state index in [9.17, 15) is 0 Å². The summed E-state index contributed by atoms with van der Waals surface area (Å²) in [6.07, 6.45) is 1.93. The second-order valence-electron chi connectivity index (χ2n) is 9.35. The Bertz CT molecular complexity index is 1900. The largest absolute Gasteiger partial charge is 0.256 e. The highest BCUT2D eigenvalue weighted by molar-refractivity contribution is 5.96. The number of rotatable bonds is 4. The highest BCUT2D eigenvalue weighted by Crippen LogP contribution is 2.32. The topological polar surface area (TPSA) is 38.7 Å². The molecule has 3 nitrogen and oxygen atoms in total. The molecule has 0 bridgehead atoms. The summed E-state index contributed by atoms with van der Waals surface area (Å²) in [7, 11) is 0. The van der Waals surface area contributed by atoms with E-state index in [1.807, 2.05) is 30.5 Å². The molecular formula is C35H23N3. The molecule has 7 aromatic rings. The summed E-state index contributed by atoms with van der Waals surface area (Å²) in [6.45, 7) is 0. The third-order valence-corrected chi connectivity index (χ3v) is 6.93. The summed E-state index contributed by atoms with van der Waals surface area (Å²) in [5.74, 6) is 0.701. The molecule has 0 saturated carbocycles. The van der Waals surface area contributed by atoms with Crippen molar-refractivity contribution in [2.45, 2.75) is 0 Å². The lowest BCUT2D eigenvalue weighted by Crippen LogP contribution is -1.96. The molecule has 2 aromatic heterocycles. The molecule has 0 saturated heterocycles. The molecule has 0 aliphatic carbocycles. The zero-order valence-electron chi connectivity index (χ0n) is 20.6. The average molecular weight is 486 g/mol. The predicted octanol–water partition coefficient (Wildman–Crippen LogP) is 8.85. The molecule has 178 valence electrons. The van der Waals surface area contributed by atoms with Gasteiger partial charge in [-0.3, -0.25) is 4.98 Å². The van der Waals surface area contributed by atoms with Gasteiger partial charge in [0.25, 0.3) is 0 Å². The number of hydrogen-bond donors (Lipinski definition) is 0. The molecular weight excluding hydrogens is 462 g/mol. The summed E-state index contributed by atoms with van der Waals surface area (Å²) >= 11 is 0. The van der Waals surface area contributed by atoms with Crippen LogP contribution in [-0.2, 0) is 0 Å². The quantitative estimate of drug-likeness (QED) is 0.250. The van der Waals surface area contributed by atoms with Crippen molar-refractivity contribution >= 4 is 21.5 Å². The minimum Gasteiger partial charge on any atom is -0.256 e. The molecule has 0 aliphatic heterocycles. The van der Waals surface area contributed by atoms with E-state index in [0.29, 0.717) is 5.82 Å². The van der Waals surface area contributed by atoms with Crippen LogP contribution in [0.2, 0.25) is 0 Å². The van der Waals surface area contributed by atoms with Gasteiger partial charge in [0.2, 0.25) is 0 Å². The first kappa shape index (κ1) is 22.1. The SMILES string of the molecule is c1ccc(-c2cc(-c3cccc4ccccc34)nc(-c3ccc(-c4cc5ccccc5cn4)cc3)n2)cc1. The van der Waals surface area contributed by atoms with E-state index in [2.05, 4.69) is 114 Å². The number of nitrogens with zero attached hydrogens (tertiary/aromatic N) is 3. The van der Waals surface area contributed by atoms with Crippen LogP contribution in [0.5, 0.6) is 0 Å². The van der Waals surface area contributed by atoms with Crippen LogP contribution in [-0.4, -0.2) is 15.0 Å². The lowest BCUT2D eigenvalue weighted by Gasteiger charge is -2.11. The molecule has 0 N–H and O–H groups in total. The van der Waals surface area contributed by atoms with Crippen molar-refractivity contribution < 1.29 is 0 Å². The Balaban J connectivity index is 1.35. The molecule has 0 amide bonds. The van der Waals surface area contributed by atoms with Gasteiger partial charge in [0.15, 0.2) is 5.82 Å². The second kappa shape index (κ2) is 9.38. The molecule has 2 heterocycles. The zero-order chi connectivity index (χ0) is 25.3. The van der Waals surface area contributed by atoms with Crippen molar-refractivity contribution in [3.63, 3.8) is 0 Å². The van der Waals surface area contributed by atoms with E-state index in [1.54, 1.807) is 0 Å². The lowest BCUT2D eigenvalue weighted by molar-refractivity contribution is 1.18. The van der Waals surface area contributed by atoms with E-state index >= 15 is 0 Å². The fraction of sp³-hybridized carbons (Fsp3) is 0. The summed E-state index contributed by atoms with van der Waals surface area (Å²) in [5.41, 5.74) is 6.95. The van der Waals surface area contributed by atoms with E-state index in [-0.39, 0.29) is 0 Å². The minimum atomic E-state index is 0.701. The van der Waals surface area contributed by atoms with E-state index in [1.165, 1.54) is 16.2 Å². The minimum absolute atomic E-state index is 0.701. The first-order chi connectivity index (χ1) is 18.8. The zero-order valence-corrected chi connectivity index (χ0v) is 20.6. The maximum Gasteiger partial charge on any atom is 0.160 e. The molecule has 0 spiro atoms. The highest BCUT2D eigenvalue weighted by Gasteiger charge is 2.13. The monoisotopic (exact) mass is 485 g/mol. The predicted molar refractivity (Wildman–Crippen MR) is 157 cm³/mol. The summed E-state index contributed by atoms with van der Waals surface area (Å²) < 4.78 is 0. The van der Waals surface area contributed by atoms with Gasteiger partial charge in [-0.1, -0.05) is 121 Å². The van der Waals surface area contributed by atoms with Crippen molar-refractivity contribution in [1.29, 1.82) is 0 Å². The van der Waals surface area contributed by atoms with Gasteiger partial charge in [-0.25, -0.2) is 9.97 Å². The van der Waals surface area contributed by atoms with Crippen molar-refractivity contribution in [3.05, 3.63) is 140 Å². The molecule has 0 fully saturated rings. The van der Waals surface area contributed by atoms with Crippen LogP contribution in [0.1, 0.15) is 0 Å². The standard InChI is InChI=1S/C35H23N3/c1-2-10-25(11-3-1)33-22-34(31-16-8-14-24-9-6-7-15-30(24)31)38-35(37-33)27-19-17-26(18-20-27)32-21-28-12-4-5-13-29(28)23-36-32/h1-23H. The van der Waals surface area contributed by atoms with Gasteiger partial charge < -0.3 is 0 Å². The molecule has 7 rings (SSSR count). The number of aromatic nitrogens is 3. The Morgan fingerprint density at radius 2 is 1.03 bits per heavy atom. The third kappa shape index (κ3) is 4.10. The molecule has 38 heavy (non-hydrogen) atoms. The second-order valence-corrected chi connectivity index (χ2v) is 9.35. The Labute approximate surface area is 221 Å². The van der Waals surface area contributed by atoms with Crippen molar-refractivity contribution in [1.82, 2.24) is 15.0 Å². The molecule has 3 heteroatoms. The fourth-order valence-corrected chi connectivity index (χ4v) is 4.95. The molecule has 5 aromatic carbocycles. The maximum atomic E-state index is 5.07. The van der Waals surface area contributed by atoms with Crippen LogP contribution in [0.4, 0.5) is 0 Å². The van der Waals surface area contributed by atoms with Gasteiger partial charge in [0, 0.05) is 33.8 Å². The van der Waals surface area contributed by atoms with Crippen molar-refractivity contribution in [2.75, 3.05) is 0 Å². The van der Waals surface area contributed by atoms with Gasteiger partial charge in [-0.2, -0.15) is 0 Å². The fourth-order valence-electron chi connectivity index (χ4n) is 4.95. The number of fused-ring (bicyclic) bond motifs is 2. The van der Waals surface area contributed by atoms with Crippen LogP contribution in [0.25, 0.3) is 66.7 Å². The van der Waals surface area contributed by atoms with Crippen LogP contribution in [0.3, 0.4) is 0 Å². The van der Waals surface area contributed by atoms with Gasteiger partial charge in [-0.15, -0.1) is 0 Å². The number of pyridine rings is 1. The van der Waals surface area contributed by atoms with Crippen LogP contribution < -0.4 is 0 Å². The highest BCUT2D eigenvalue weighted by atomic mass is 14.9. The first-order valence-corrected chi connectivity index (χ1v) is 12.7. The summed E-state index contributed by atoms with van der Waals surface area (Å²) in [4.78, 5) is 14.7. The molecule has 0 aliphatic rings. The molecule has 0 atom stereocenters. The normalized spacial score (nSPS) is 11.2. The van der Waals surface area contributed by atoms with Gasteiger partial charge in [0.1, 0.15) is 0 Å². The van der Waals surface area contributed by atoms with Gasteiger partial charge in [0.05, 0.1) is 17.1 Å². The first-order valence-electron chi connectivity index (χ1n) is 12.7. The van der Waals surface area contributed by atoms with E-state index < -0.39 is 0 Å². The number of hydrogen-bond acceptors (Lipinski definition) is 3. The molecule has 0 unspecified atom stereocenters. The Morgan fingerprint density at radius 3 is 1.87 bits per heavy atom. The van der Waals surface area contributed by atoms with Crippen LogP contribution in [0.15, 0.2) is 140 Å². The van der Waals surface area contributed by atoms with Crippen LogP contribution >= 0.6 is 0 Å². The van der Waals surface area contributed by atoms with E-state index in [4.69, 9.17) is 9.97 Å². The van der Waals surface area contributed by atoms with Crippen molar-refractivity contribution in [2.24, 2.45) is 0 Å². The third-order valence-electron chi connectivity index (χ3n) is 6.93. The van der Waals surface area contributed by atoms with Crippen LogP contribution in [0, 0.1) is 0 Å². The summed E-state index contributed by atoms with van der Waals surface area (Å²) in [5, 5.41) is 4.69. The maximum absolute atomic E-state index is 5.07. The van der Waals surface area contributed by atoms with Crippen molar-refractivity contribution in [3.8, 4) is 45.2 Å². The number of benzene rings is 5. The lowest BCUT2D eigenvalue weighted by atomic mass is 10.00. The van der Waals surface area contributed by atoms with E-state index in [0.717, 1.165) is 44.7 Å².